The summed E-state index contributed by atoms with van der Waals surface area (Å²) in [5, 5.41) is 24.7. The van der Waals surface area contributed by atoms with Crippen molar-refractivity contribution >= 4 is 21.5 Å². The molecule has 0 spiro atoms. The Labute approximate surface area is 234 Å². The van der Waals surface area contributed by atoms with Crippen LogP contribution in [0.4, 0.5) is 0 Å². The summed E-state index contributed by atoms with van der Waals surface area (Å²) in [5.41, 5.74) is 2.14. The molecule has 0 fully saturated rings. The van der Waals surface area contributed by atoms with Crippen LogP contribution in [-0.2, 0) is 0 Å². The minimum atomic E-state index is -0.823. The van der Waals surface area contributed by atoms with Gasteiger partial charge in [-0.2, -0.15) is 0 Å². The molecular formula is C34H34O6. The lowest BCUT2D eigenvalue weighted by atomic mass is 9.97. The molecule has 0 radical (unpaired) electrons. The number of hydrogen-bond acceptors (Lipinski definition) is 6. The van der Waals surface area contributed by atoms with Gasteiger partial charge in [-0.05, 0) is 50.2 Å². The van der Waals surface area contributed by atoms with Crippen LogP contribution in [0.25, 0.3) is 21.5 Å². The first kappa shape index (κ1) is 27.3. The van der Waals surface area contributed by atoms with E-state index < -0.39 is 12.2 Å². The Morgan fingerprint density at radius 3 is 1.25 bits per heavy atom. The van der Waals surface area contributed by atoms with E-state index in [1.54, 1.807) is 0 Å². The summed E-state index contributed by atoms with van der Waals surface area (Å²) in [5.74, 6) is 2.74. The first-order chi connectivity index (χ1) is 19.5. The number of fused-ring (bicyclic) bond motifs is 2. The topological polar surface area (TPSA) is 77.4 Å². The van der Waals surface area contributed by atoms with E-state index >= 15 is 0 Å². The standard InChI is InChI=1S/C34H34O6/c1-23-13-15-29-31(17-23)33(39-21-25(35)19-37-27-9-5-3-6-10-27)30-16-14-24(2)18-32(30)34(29)40-22-26(36)20-38-28-11-7-4-8-12-28/h3-18,25-26,35-36H,19-22H2,1-2H3. The van der Waals surface area contributed by atoms with E-state index in [1.807, 2.05) is 98.8 Å². The lowest BCUT2D eigenvalue weighted by Gasteiger charge is -2.21. The molecule has 5 rings (SSSR count). The zero-order valence-electron chi connectivity index (χ0n) is 22.7. The monoisotopic (exact) mass is 538 g/mol. The number of para-hydroxylation sites is 2. The van der Waals surface area contributed by atoms with Crippen molar-refractivity contribution in [1.29, 1.82) is 0 Å². The lowest BCUT2D eigenvalue weighted by Crippen LogP contribution is -2.25. The maximum absolute atomic E-state index is 10.6. The van der Waals surface area contributed by atoms with E-state index in [0.717, 1.165) is 32.7 Å². The summed E-state index contributed by atoms with van der Waals surface area (Å²) in [4.78, 5) is 0. The molecule has 6 nitrogen and oxygen atoms in total. The summed E-state index contributed by atoms with van der Waals surface area (Å²) < 4.78 is 24.0. The Morgan fingerprint density at radius 1 is 0.475 bits per heavy atom. The molecule has 0 aromatic heterocycles. The van der Waals surface area contributed by atoms with Crippen LogP contribution in [0.1, 0.15) is 11.1 Å². The summed E-state index contributed by atoms with van der Waals surface area (Å²) in [6.45, 7) is 4.40. The average Bonchev–Trinajstić information content (AvgIpc) is 2.97. The van der Waals surface area contributed by atoms with Gasteiger partial charge in [-0.15, -0.1) is 0 Å². The first-order valence-electron chi connectivity index (χ1n) is 13.4. The van der Waals surface area contributed by atoms with Crippen LogP contribution in [0.3, 0.4) is 0 Å². The lowest BCUT2D eigenvalue weighted by molar-refractivity contribution is 0.0629. The van der Waals surface area contributed by atoms with Crippen LogP contribution in [0.2, 0.25) is 0 Å². The molecule has 0 bridgehead atoms. The number of aliphatic hydroxyl groups excluding tert-OH is 2. The Hall–Kier alpha value is -4.26. The molecule has 40 heavy (non-hydrogen) atoms. The quantitative estimate of drug-likeness (QED) is 0.183. The van der Waals surface area contributed by atoms with Crippen molar-refractivity contribution in [2.24, 2.45) is 0 Å². The Kier molecular flexibility index (Phi) is 8.69. The fourth-order valence-corrected chi connectivity index (χ4v) is 4.56. The smallest absolute Gasteiger partial charge is 0.135 e. The van der Waals surface area contributed by atoms with E-state index in [4.69, 9.17) is 18.9 Å². The maximum atomic E-state index is 10.6. The van der Waals surface area contributed by atoms with Gasteiger partial charge in [0.25, 0.3) is 0 Å². The number of benzene rings is 5. The fraction of sp³-hybridized carbons (Fsp3) is 0.235. The third-order valence-corrected chi connectivity index (χ3v) is 6.54. The Balaban J connectivity index is 1.39. The molecule has 5 aromatic rings. The fourth-order valence-electron chi connectivity index (χ4n) is 4.56. The van der Waals surface area contributed by atoms with Gasteiger partial charge in [-0.1, -0.05) is 71.8 Å². The minimum Gasteiger partial charge on any atom is -0.491 e. The largest absolute Gasteiger partial charge is 0.491 e. The summed E-state index contributed by atoms with van der Waals surface area (Å²) in [6, 6.07) is 31.0. The molecule has 2 N–H and O–H groups in total. The van der Waals surface area contributed by atoms with Crippen molar-refractivity contribution in [2.75, 3.05) is 26.4 Å². The maximum Gasteiger partial charge on any atom is 0.135 e. The predicted molar refractivity (Wildman–Crippen MR) is 158 cm³/mol. The molecule has 0 aliphatic rings. The summed E-state index contributed by atoms with van der Waals surface area (Å²) in [6.07, 6.45) is -1.65. The number of rotatable bonds is 12. The van der Waals surface area contributed by atoms with E-state index in [0.29, 0.717) is 23.0 Å². The molecule has 2 unspecified atom stereocenters. The second-order valence-corrected chi connectivity index (χ2v) is 9.93. The van der Waals surface area contributed by atoms with Crippen molar-refractivity contribution in [3.63, 3.8) is 0 Å². The van der Waals surface area contributed by atoms with Gasteiger partial charge in [0.05, 0.1) is 0 Å². The highest BCUT2D eigenvalue weighted by Gasteiger charge is 2.19. The molecule has 206 valence electrons. The Morgan fingerprint density at radius 2 is 0.850 bits per heavy atom. The number of aryl methyl sites for hydroxylation is 2. The summed E-state index contributed by atoms with van der Waals surface area (Å²) >= 11 is 0. The molecule has 5 aromatic carbocycles. The SMILES string of the molecule is Cc1ccc2c(OCC(O)COc3ccccc3)c3cc(C)ccc3c(OCC(O)COc3ccccc3)c2c1. The molecule has 0 aliphatic carbocycles. The van der Waals surface area contributed by atoms with E-state index in [2.05, 4.69) is 12.1 Å². The predicted octanol–water partition coefficient (Wildman–Crippen LogP) is 6.25. The molecule has 0 saturated heterocycles. The zero-order valence-corrected chi connectivity index (χ0v) is 22.7. The molecule has 0 aliphatic heterocycles. The van der Waals surface area contributed by atoms with Crippen LogP contribution in [0, 0.1) is 13.8 Å². The number of hydrogen-bond donors (Lipinski definition) is 2. The van der Waals surface area contributed by atoms with Gasteiger partial charge in [0, 0.05) is 21.5 Å². The zero-order chi connectivity index (χ0) is 27.9. The van der Waals surface area contributed by atoms with Gasteiger partial charge < -0.3 is 29.2 Å². The highest BCUT2D eigenvalue weighted by molar-refractivity contribution is 6.11. The molecular weight excluding hydrogens is 504 g/mol. The van der Waals surface area contributed by atoms with Crippen molar-refractivity contribution in [3.8, 4) is 23.0 Å². The Bertz CT molecular complexity index is 1430. The van der Waals surface area contributed by atoms with Crippen molar-refractivity contribution in [2.45, 2.75) is 26.1 Å². The van der Waals surface area contributed by atoms with Gasteiger partial charge in [0.2, 0.25) is 0 Å². The third kappa shape index (κ3) is 6.65. The van der Waals surface area contributed by atoms with Gasteiger partial charge in [-0.25, -0.2) is 0 Å². The molecule has 0 saturated carbocycles. The van der Waals surface area contributed by atoms with Crippen LogP contribution >= 0.6 is 0 Å². The molecule has 6 heteroatoms. The van der Waals surface area contributed by atoms with Crippen LogP contribution in [0.15, 0.2) is 97.1 Å². The highest BCUT2D eigenvalue weighted by atomic mass is 16.5. The average molecular weight is 539 g/mol. The van der Waals surface area contributed by atoms with E-state index in [-0.39, 0.29) is 26.4 Å². The normalized spacial score (nSPS) is 12.7. The molecule has 0 amide bonds. The number of aliphatic hydroxyl groups is 2. The number of ether oxygens (including phenoxy) is 4. The van der Waals surface area contributed by atoms with E-state index in [9.17, 15) is 10.2 Å². The van der Waals surface area contributed by atoms with Crippen LogP contribution < -0.4 is 18.9 Å². The van der Waals surface area contributed by atoms with Crippen molar-refractivity contribution in [3.05, 3.63) is 108 Å². The molecule has 2 atom stereocenters. The van der Waals surface area contributed by atoms with Crippen molar-refractivity contribution < 1.29 is 29.2 Å². The van der Waals surface area contributed by atoms with E-state index in [1.165, 1.54) is 0 Å². The second-order valence-electron chi connectivity index (χ2n) is 9.93. The highest BCUT2D eigenvalue weighted by Crippen LogP contribution is 2.43. The first-order valence-corrected chi connectivity index (χ1v) is 13.4. The van der Waals surface area contributed by atoms with Crippen molar-refractivity contribution in [1.82, 2.24) is 0 Å². The summed E-state index contributed by atoms with van der Waals surface area (Å²) in [7, 11) is 0. The minimum absolute atomic E-state index is 0.0641. The van der Waals surface area contributed by atoms with Gasteiger partial charge in [0.1, 0.15) is 61.6 Å². The molecule has 0 heterocycles. The van der Waals surface area contributed by atoms with Gasteiger partial charge in [0.15, 0.2) is 0 Å². The third-order valence-electron chi connectivity index (χ3n) is 6.54. The van der Waals surface area contributed by atoms with Gasteiger partial charge in [-0.3, -0.25) is 0 Å². The van der Waals surface area contributed by atoms with Gasteiger partial charge >= 0.3 is 0 Å². The van der Waals surface area contributed by atoms with Crippen LogP contribution in [-0.4, -0.2) is 48.8 Å². The second kappa shape index (κ2) is 12.7. The van der Waals surface area contributed by atoms with Crippen LogP contribution in [0.5, 0.6) is 23.0 Å².